The Morgan fingerprint density at radius 3 is 2.33 bits per heavy atom. The standard InChI is InChI=1S/C22H23N3O2/c1-27-20(26)15-25-13-12-19-18(14-25)22(24-23-19)21(16-8-4-2-5-9-16)17-10-6-3-7-11-17/h2-11,21H,12-15H2,1H3,(H,23,24). The summed E-state index contributed by atoms with van der Waals surface area (Å²) in [4.78, 5) is 13.8. The normalized spacial score (nSPS) is 14.1. The van der Waals surface area contributed by atoms with Crippen LogP contribution in [0.1, 0.15) is 34.0 Å². The molecule has 5 heteroatoms. The highest BCUT2D eigenvalue weighted by Gasteiger charge is 2.29. The van der Waals surface area contributed by atoms with Crippen molar-refractivity contribution in [2.75, 3.05) is 20.2 Å². The Morgan fingerprint density at radius 2 is 1.74 bits per heavy atom. The molecule has 0 amide bonds. The van der Waals surface area contributed by atoms with Gasteiger partial charge in [-0.2, -0.15) is 5.10 Å². The van der Waals surface area contributed by atoms with Crippen molar-refractivity contribution in [1.29, 1.82) is 0 Å². The lowest BCUT2D eigenvalue weighted by atomic mass is 9.85. The van der Waals surface area contributed by atoms with Gasteiger partial charge >= 0.3 is 5.97 Å². The van der Waals surface area contributed by atoms with Crippen molar-refractivity contribution in [3.05, 3.63) is 88.7 Å². The molecule has 0 bridgehead atoms. The first kappa shape index (κ1) is 17.5. The second-order valence-electron chi connectivity index (χ2n) is 6.86. The highest BCUT2D eigenvalue weighted by Crippen LogP contribution is 2.35. The van der Waals surface area contributed by atoms with E-state index in [9.17, 15) is 4.79 Å². The molecule has 0 atom stereocenters. The first-order chi connectivity index (χ1) is 13.3. The van der Waals surface area contributed by atoms with Gasteiger partial charge in [-0.15, -0.1) is 0 Å². The average molecular weight is 361 g/mol. The highest BCUT2D eigenvalue weighted by molar-refractivity contribution is 5.71. The smallest absolute Gasteiger partial charge is 0.319 e. The van der Waals surface area contributed by atoms with Crippen LogP contribution in [0.3, 0.4) is 0 Å². The van der Waals surface area contributed by atoms with E-state index in [2.05, 4.69) is 58.5 Å². The van der Waals surface area contributed by atoms with E-state index in [0.29, 0.717) is 13.1 Å². The molecular weight excluding hydrogens is 338 g/mol. The molecule has 5 nitrogen and oxygen atoms in total. The third-order valence-electron chi connectivity index (χ3n) is 5.16. The summed E-state index contributed by atoms with van der Waals surface area (Å²) in [6.45, 7) is 1.83. The van der Waals surface area contributed by atoms with Crippen molar-refractivity contribution >= 4 is 5.97 Å². The SMILES string of the molecule is COC(=O)CN1CCc2[nH]nc(C(c3ccccc3)c3ccccc3)c2C1. The Hall–Kier alpha value is -2.92. The fourth-order valence-corrected chi connectivity index (χ4v) is 3.79. The van der Waals surface area contributed by atoms with Crippen molar-refractivity contribution in [3.63, 3.8) is 0 Å². The van der Waals surface area contributed by atoms with Crippen LogP contribution >= 0.6 is 0 Å². The van der Waals surface area contributed by atoms with Gasteiger partial charge in [-0.1, -0.05) is 60.7 Å². The fraction of sp³-hybridized carbons (Fsp3) is 0.273. The van der Waals surface area contributed by atoms with Gasteiger partial charge in [-0.05, 0) is 11.1 Å². The maximum atomic E-state index is 11.7. The Morgan fingerprint density at radius 1 is 1.11 bits per heavy atom. The Kier molecular flexibility index (Phi) is 5.03. The van der Waals surface area contributed by atoms with E-state index in [1.165, 1.54) is 29.5 Å². The number of carbonyl (C=O) groups excluding carboxylic acids is 1. The number of nitrogens with zero attached hydrogens (tertiary/aromatic N) is 2. The van der Waals surface area contributed by atoms with Crippen LogP contribution in [0.5, 0.6) is 0 Å². The Balaban J connectivity index is 1.73. The summed E-state index contributed by atoms with van der Waals surface area (Å²) in [6.07, 6.45) is 0.857. The van der Waals surface area contributed by atoms with Crippen molar-refractivity contribution in [3.8, 4) is 0 Å². The minimum absolute atomic E-state index is 0.0606. The topological polar surface area (TPSA) is 58.2 Å². The van der Waals surface area contributed by atoms with Gasteiger partial charge in [-0.3, -0.25) is 14.8 Å². The van der Waals surface area contributed by atoms with E-state index < -0.39 is 0 Å². The van der Waals surface area contributed by atoms with Gasteiger partial charge < -0.3 is 4.74 Å². The number of benzene rings is 2. The molecule has 2 heterocycles. The van der Waals surface area contributed by atoms with E-state index in [1.54, 1.807) is 0 Å². The molecule has 0 aliphatic carbocycles. The van der Waals surface area contributed by atoms with E-state index in [0.717, 1.165) is 18.7 Å². The molecule has 1 aliphatic heterocycles. The molecule has 0 saturated carbocycles. The molecule has 0 radical (unpaired) electrons. The minimum atomic E-state index is -0.203. The van der Waals surface area contributed by atoms with E-state index in [4.69, 9.17) is 9.84 Å². The quantitative estimate of drug-likeness (QED) is 0.710. The van der Waals surface area contributed by atoms with Crippen molar-refractivity contribution in [2.24, 2.45) is 0 Å². The lowest BCUT2D eigenvalue weighted by molar-refractivity contribution is -0.142. The Labute approximate surface area is 159 Å². The van der Waals surface area contributed by atoms with Crippen LogP contribution in [0, 0.1) is 0 Å². The van der Waals surface area contributed by atoms with Crippen LogP contribution in [0.15, 0.2) is 60.7 Å². The lowest BCUT2D eigenvalue weighted by Crippen LogP contribution is -2.35. The molecule has 0 saturated heterocycles. The van der Waals surface area contributed by atoms with Crippen LogP contribution in [0.2, 0.25) is 0 Å². The van der Waals surface area contributed by atoms with Crippen molar-refractivity contribution in [1.82, 2.24) is 15.1 Å². The molecule has 27 heavy (non-hydrogen) atoms. The number of nitrogens with one attached hydrogen (secondary N) is 1. The molecule has 1 N–H and O–H groups in total. The second kappa shape index (κ2) is 7.76. The third kappa shape index (κ3) is 3.64. The zero-order valence-corrected chi connectivity index (χ0v) is 15.4. The van der Waals surface area contributed by atoms with E-state index in [1.807, 2.05) is 12.1 Å². The molecule has 1 aliphatic rings. The molecule has 0 fully saturated rings. The summed E-state index contributed by atoms with van der Waals surface area (Å²) in [5.74, 6) is -0.142. The molecular formula is C22H23N3O2. The lowest BCUT2D eigenvalue weighted by Gasteiger charge is -2.27. The van der Waals surface area contributed by atoms with Crippen LogP contribution < -0.4 is 0 Å². The summed E-state index contributed by atoms with van der Waals surface area (Å²) < 4.78 is 4.83. The monoisotopic (exact) mass is 361 g/mol. The molecule has 0 spiro atoms. The predicted molar refractivity (Wildman–Crippen MR) is 103 cm³/mol. The summed E-state index contributed by atoms with van der Waals surface area (Å²) in [5.41, 5.74) is 5.83. The number of esters is 1. The number of hydrogen-bond acceptors (Lipinski definition) is 4. The molecule has 4 rings (SSSR count). The average Bonchev–Trinajstić information content (AvgIpc) is 3.13. The van der Waals surface area contributed by atoms with Crippen molar-refractivity contribution in [2.45, 2.75) is 18.9 Å². The van der Waals surface area contributed by atoms with Gasteiger partial charge in [-0.25, -0.2) is 0 Å². The van der Waals surface area contributed by atoms with Gasteiger partial charge in [0, 0.05) is 30.8 Å². The first-order valence-electron chi connectivity index (χ1n) is 9.21. The van der Waals surface area contributed by atoms with E-state index in [-0.39, 0.29) is 11.9 Å². The van der Waals surface area contributed by atoms with Crippen LogP contribution in [0.4, 0.5) is 0 Å². The molecule has 0 unspecified atom stereocenters. The fourth-order valence-electron chi connectivity index (χ4n) is 3.79. The zero-order valence-electron chi connectivity index (χ0n) is 15.4. The minimum Gasteiger partial charge on any atom is -0.468 e. The van der Waals surface area contributed by atoms with Crippen LogP contribution in [-0.4, -0.2) is 41.3 Å². The van der Waals surface area contributed by atoms with Gasteiger partial charge in [0.05, 0.1) is 25.3 Å². The summed E-state index contributed by atoms with van der Waals surface area (Å²) in [5, 5.41) is 7.96. The number of methoxy groups -OCH3 is 1. The van der Waals surface area contributed by atoms with Gasteiger partial charge in [0.2, 0.25) is 0 Å². The summed E-state index contributed by atoms with van der Waals surface area (Å²) >= 11 is 0. The molecule has 1 aromatic heterocycles. The molecule has 138 valence electrons. The number of hydrogen-bond donors (Lipinski definition) is 1. The highest BCUT2D eigenvalue weighted by atomic mass is 16.5. The number of fused-ring (bicyclic) bond motifs is 1. The maximum Gasteiger partial charge on any atom is 0.319 e. The van der Waals surface area contributed by atoms with Gasteiger partial charge in [0.1, 0.15) is 0 Å². The predicted octanol–water partition coefficient (Wildman–Crippen LogP) is 3.12. The molecule has 3 aromatic rings. The van der Waals surface area contributed by atoms with Crippen molar-refractivity contribution < 1.29 is 9.53 Å². The molecule has 2 aromatic carbocycles. The van der Waals surface area contributed by atoms with Crippen LogP contribution in [-0.2, 0) is 22.5 Å². The number of aromatic amines is 1. The zero-order chi connectivity index (χ0) is 18.6. The maximum absolute atomic E-state index is 11.7. The third-order valence-corrected chi connectivity index (χ3v) is 5.16. The number of aromatic nitrogens is 2. The Bertz CT molecular complexity index is 866. The number of H-pyrrole nitrogens is 1. The van der Waals surface area contributed by atoms with Crippen LogP contribution in [0.25, 0.3) is 0 Å². The largest absolute Gasteiger partial charge is 0.468 e. The summed E-state index contributed by atoms with van der Waals surface area (Å²) in [6, 6.07) is 20.9. The number of carbonyl (C=O) groups is 1. The first-order valence-corrected chi connectivity index (χ1v) is 9.21. The summed E-state index contributed by atoms with van der Waals surface area (Å²) in [7, 11) is 1.43. The number of rotatable bonds is 5. The van der Waals surface area contributed by atoms with Gasteiger partial charge in [0.25, 0.3) is 0 Å². The second-order valence-corrected chi connectivity index (χ2v) is 6.86. The van der Waals surface area contributed by atoms with E-state index >= 15 is 0 Å². The van der Waals surface area contributed by atoms with Gasteiger partial charge in [0.15, 0.2) is 0 Å². The number of ether oxygens (including phenoxy) is 1.